The average Bonchev–Trinajstić information content (AvgIpc) is 1.78. The number of carbonyl (C=O) groups excluding carboxylic acids is 1. The Morgan fingerprint density at radius 2 is 1.79 bits per heavy atom. The standard InChI is InChI=1S/C10H21NO3/c1-9(2,3)11-8(13)14-10(4,5)6-7-12/h12H,6-7H2,1-5H3,(H,11,13). The van der Waals surface area contributed by atoms with Gasteiger partial charge in [-0.05, 0) is 34.6 Å². The van der Waals surface area contributed by atoms with Crippen molar-refractivity contribution in [3.8, 4) is 0 Å². The van der Waals surface area contributed by atoms with Crippen LogP contribution < -0.4 is 5.32 Å². The smallest absolute Gasteiger partial charge is 0.408 e. The second-order valence-electron chi connectivity index (χ2n) is 5.00. The molecule has 0 aromatic carbocycles. The third kappa shape index (κ3) is 6.71. The van der Waals surface area contributed by atoms with E-state index < -0.39 is 11.7 Å². The van der Waals surface area contributed by atoms with Crippen LogP contribution in [0.3, 0.4) is 0 Å². The van der Waals surface area contributed by atoms with Gasteiger partial charge in [-0.2, -0.15) is 0 Å². The Bertz CT molecular complexity index is 194. The predicted molar refractivity (Wildman–Crippen MR) is 55.2 cm³/mol. The highest BCUT2D eigenvalue weighted by atomic mass is 16.6. The van der Waals surface area contributed by atoms with Gasteiger partial charge in [-0.15, -0.1) is 0 Å². The minimum Gasteiger partial charge on any atom is -0.443 e. The molecule has 0 saturated carbocycles. The highest BCUT2D eigenvalue weighted by Gasteiger charge is 2.24. The first-order chi connectivity index (χ1) is 6.16. The normalized spacial score (nSPS) is 12.4. The Hall–Kier alpha value is -0.770. The van der Waals surface area contributed by atoms with Gasteiger partial charge in [-0.25, -0.2) is 4.79 Å². The lowest BCUT2D eigenvalue weighted by atomic mass is 10.1. The number of hydrogen-bond donors (Lipinski definition) is 2. The fraction of sp³-hybridized carbons (Fsp3) is 0.900. The molecule has 0 atom stereocenters. The van der Waals surface area contributed by atoms with E-state index in [0.717, 1.165) is 0 Å². The van der Waals surface area contributed by atoms with Crippen molar-refractivity contribution in [2.24, 2.45) is 0 Å². The zero-order chi connectivity index (χ0) is 11.4. The summed E-state index contributed by atoms with van der Waals surface area (Å²) < 4.78 is 5.14. The van der Waals surface area contributed by atoms with Crippen LogP contribution in [0.25, 0.3) is 0 Å². The van der Waals surface area contributed by atoms with Crippen molar-refractivity contribution >= 4 is 6.09 Å². The summed E-state index contributed by atoms with van der Waals surface area (Å²) in [6.07, 6.45) is -0.0131. The van der Waals surface area contributed by atoms with E-state index in [4.69, 9.17) is 9.84 Å². The molecule has 4 nitrogen and oxygen atoms in total. The van der Waals surface area contributed by atoms with Crippen molar-refractivity contribution in [3.05, 3.63) is 0 Å². The first-order valence-electron chi connectivity index (χ1n) is 4.78. The molecule has 1 amide bonds. The van der Waals surface area contributed by atoms with Crippen molar-refractivity contribution in [1.82, 2.24) is 5.32 Å². The third-order valence-corrected chi connectivity index (χ3v) is 1.56. The molecule has 0 heterocycles. The van der Waals surface area contributed by atoms with Crippen molar-refractivity contribution < 1.29 is 14.6 Å². The Labute approximate surface area is 85.6 Å². The van der Waals surface area contributed by atoms with E-state index in [1.165, 1.54) is 0 Å². The molecule has 0 aliphatic rings. The molecule has 0 spiro atoms. The summed E-state index contributed by atoms with van der Waals surface area (Å²) in [5.74, 6) is 0. The first-order valence-corrected chi connectivity index (χ1v) is 4.78. The maximum Gasteiger partial charge on any atom is 0.408 e. The summed E-state index contributed by atoms with van der Waals surface area (Å²) in [6.45, 7) is 9.20. The Morgan fingerprint density at radius 3 is 2.14 bits per heavy atom. The molecule has 0 aliphatic heterocycles. The van der Waals surface area contributed by atoms with Crippen molar-refractivity contribution in [1.29, 1.82) is 0 Å². The predicted octanol–water partition coefficient (Wildman–Crippen LogP) is 1.67. The van der Waals surface area contributed by atoms with Crippen LogP contribution >= 0.6 is 0 Å². The molecule has 0 radical (unpaired) electrons. The fourth-order valence-electron chi connectivity index (χ4n) is 0.903. The maximum atomic E-state index is 11.3. The lowest BCUT2D eigenvalue weighted by Crippen LogP contribution is -2.44. The number of aliphatic hydroxyl groups is 1. The Morgan fingerprint density at radius 1 is 1.29 bits per heavy atom. The van der Waals surface area contributed by atoms with Gasteiger partial charge >= 0.3 is 6.09 Å². The lowest BCUT2D eigenvalue weighted by molar-refractivity contribution is 0.0177. The summed E-state index contributed by atoms with van der Waals surface area (Å²) in [7, 11) is 0. The minimum atomic E-state index is -0.621. The van der Waals surface area contributed by atoms with Gasteiger partial charge < -0.3 is 15.2 Å². The van der Waals surface area contributed by atoms with Crippen LogP contribution in [0.1, 0.15) is 41.0 Å². The van der Waals surface area contributed by atoms with Crippen LogP contribution in [0.4, 0.5) is 4.79 Å². The van der Waals surface area contributed by atoms with Gasteiger partial charge in [0.25, 0.3) is 0 Å². The number of aliphatic hydroxyl groups excluding tert-OH is 1. The quantitative estimate of drug-likeness (QED) is 0.733. The summed E-state index contributed by atoms with van der Waals surface area (Å²) >= 11 is 0. The van der Waals surface area contributed by atoms with Crippen LogP contribution in [-0.2, 0) is 4.74 Å². The minimum absolute atomic E-state index is 0.00972. The molecule has 0 bridgehead atoms. The molecule has 0 aliphatic carbocycles. The van der Waals surface area contributed by atoms with Gasteiger partial charge in [0.2, 0.25) is 0 Å². The van der Waals surface area contributed by atoms with Crippen LogP contribution in [0.15, 0.2) is 0 Å². The molecular formula is C10H21NO3. The van der Waals surface area contributed by atoms with E-state index in [1.54, 1.807) is 13.8 Å². The molecule has 2 N–H and O–H groups in total. The molecule has 14 heavy (non-hydrogen) atoms. The largest absolute Gasteiger partial charge is 0.443 e. The highest BCUT2D eigenvalue weighted by Crippen LogP contribution is 2.14. The number of rotatable bonds is 3. The molecule has 4 heteroatoms. The van der Waals surface area contributed by atoms with E-state index in [2.05, 4.69) is 5.32 Å². The van der Waals surface area contributed by atoms with Gasteiger partial charge in [-0.1, -0.05) is 0 Å². The number of hydrogen-bond acceptors (Lipinski definition) is 3. The molecule has 0 fully saturated rings. The molecule has 0 aromatic heterocycles. The molecular weight excluding hydrogens is 182 g/mol. The second-order valence-corrected chi connectivity index (χ2v) is 5.00. The van der Waals surface area contributed by atoms with Gasteiger partial charge in [-0.3, -0.25) is 0 Å². The first kappa shape index (κ1) is 13.2. The van der Waals surface area contributed by atoms with E-state index in [9.17, 15) is 4.79 Å². The van der Waals surface area contributed by atoms with Crippen molar-refractivity contribution in [2.75, 3.05) is 6.61 Å². The van der Waals surface area contributed by atoms with Gasteiger partial charge in [0.05, 0.1) is 0 Å². The van der Waals surface area contributed by atoms with E-state index in [1.807, 2.05) is 20.8 Å². The zero-order valence-corrected chi connectivity index (χ0v) is 9.68. The Balaban J connectivity index is 4.06. The summed E-state index contributed by atoms with van der Waals surface area (Å²) in [6, 6.07) is 0. The average molecular weight is 203 g/mol. The van der Waals surface area contributed by atoms with Gasteiger partial charge in [0, 0.05) is 18.6 Å². The van der Waals surface area contributed by atoms with E-state index in [-0.39, 0.29) is 12.1 Å². The number of nitrogens with one attached hydrogen (secondary N) is 1. The van der Waals surface area contributed by atoms with Gasteiger partial charge in [0.15, 0.2) is 0 Å². The molecule has 0 rings (SSSR count). The lowest BCUT2D eigenvalue weighted by Gasteiger charge is -2.27. The molecule has 0 saturated heterocycles. The highest BCUT2D eigenvalue weighted by molar-refractivity contribution is 5.68. The summed E-state index contributed by atoms with van der Waals surface area (Å²) in [5, 5.41) is 11.4. The van der Waals surface area contributed by atoms with Crippen molar-refractivity contribution in [2.45, 2.75) is 52.2 Å². The number of ether oxygens (including phenoxy) is 1. The van der Waals surface area contributed by atoms with Crippen LogP contribution in [0, 0.1) is 0 Å². The van der Waals surface area contributed by atoms with Gasteiger partial charge in [0.1, 0.15) is 5.60 Å². The van der Waals surface area contributed by atoms with Crippen LogP contribution in [-0.4, -0.2) is 28.9 Å². The third-order valence-electron chi connectivity index (χ3n) is 1.56. The van der Waals surface area contributed by atoms with Crippen molar-refractivity contribution in [3.63, 3.8) is 0 Å². The van der Waals surface area contributed by atoms with E-state index in [0.29, 0.717) is 6.42 Å². The second kappa shape index (κ2) is 4.64. The molecule has 0 aromatic rings. The molecule has 0 unspecified atom stereocenters. The summed E-state index contributed by atoms with van der Waals surface area (Å²) in [5.41, 5.74) is -0.920. The maximum absolute atomic E-state index is 11.3. The fourth-order valence-corrected chi connectivity index (χ4v) is 0.903. The zero-order valence-electron chi connectivity index (χ0n) is 9.68. The van der Waals surface area contributed by atoms with Crippen LogP contribution in [0.2, 0.25) is 0 Å². The van der Waals surface area contributed by atoms with E-state index >= 15 is 0 Å². The molecule has 84 valence electrons. The monoisotopic (exact) mass is 203 g/mol. The number of amides is 1. The number of alkyl carbamates (subject to hydrolysis) is 1. The SMILES string of the molecule is CC(C)(C)NC(=O)OC(C)(C)CCO. The topological polar surface area (TPSA) is 58.6 Å². The van der Waals surface area contributed by atoms with Crippen LogP contribution in [0.5, 0.6) is 0 Å². The Kier molecular flexibility index (Phi) is 4.39. The summed E-state index contributed by atoms with van der Waals surface area (Å²) in [4.78, 5) is 11.3. The number of carbonyl (C=O) groups is 1.